The number of rotatable bonds is 8. The predicted molar refractivity (Wildman–Crippen MR) is 116 cm³/mol. The molecule has 4 rings (SSSR count). The fraction of sp³-hybridized carbons (Fsp3) is 0.292. The molecule has 1 aliphatic heterocycles. The van der Waals surface area contributed by atoms with Crippen molar-refractivity contribution in [3.63, 3.8) is 0 Å². The number of morpholine rings is 1. The molecule has 0 atom stereocenters. The molecular weight excluding hydrogens is 394 g/mol. The van der Waals surface area contributed by atoms with Gasteiger partial charge in [-0.2, -0.15) is 5.10 Å². The number of Topliss-reactive ketones (excluding diaryl/α,β-unsaturated/α-hetero) is 1. The van der Waals surface area contributed by atoms with Crippen LogP contribution in [0.4, 0.5) is 0 Å². The second-order valence-electron chi connectivity index (χ2n) is 7.47. The van der Waals surface area contributed by atoms with E-state index < -0.39 is 0 Å². The number of benzene rings is 2. The zero-order valence-electron chi connectivity index (χ0n) is 17.3. The monoisotopic (exact) mass is 419 g/mol. The molecule has 0 N–H and O–H groups in total. The number of aromatic nitrogens is 2. The molecule has 1 saturated heterocycles. The largest absolute Gasteiger partial charge is 0.487 e. The lowest BCUT2D eigenvalue weighted by Gasteiger charge is -2.26. The molecule has 7 nitrogen and oxygen atoms in total. The lowest BCUT2D eigenvalue weighted by Crippen LogP contribution is -2.35. The third kappa shape index (κ3) is 5.87. The van der Waals surface area contributed by atoms with Crippen LogP contribution in [0.5, 0.6) is 5.75 Å². The Bertz CT molecular complexity index is 1060. The first-order valence-electron chi connectivity index (χ1n) is 10.3. The standard InChI is InChI=1S/C24H25N3O4/c28-23(21-8-6-19(7-9-21)16-26-10-12-30-13-11-26)17-27-24(29)14-22(15-25-27)31-18-20-4-2-1-3-5-20/h1-9,14-15H,10-13,16-18H2. The van der Waals surface area contributed by atoms with Gasteiger partial charge in [0.2, 0.25) is 0 Å². The second-order valence-corrected chi connectivity index (χ2v) is 7.47. The fourth-order valence-corrected chi connectivity index (χ4v) is 3.40. The highest BCUT2D eigenvalue weighted by atomic mass is 16.5. The summed E-state index contributed by atoms with van der Waals surface area (Å²) in [5, 5.41) is 4.09. The van der Waals surface area contributed by atoms with Crippen LogP contribution < -0.4 is 10.3 Å². The Morgan fingerprint density at radius 3 is 2.45 bits per heavy atom. The van der Waals surface area contributed by atoms with Crippen LogP contribution in [0.2, 0.25) is 0 Å². The first-order valence-corrected chi connectivity index (χ1v) is 10.3. The molecule has 2 aromatic carbocycles. The molecule has 0 spiro atoms. The van der Waals surface area contributed by atoms with E-state index >= 15 is 0 Å². The highest BCUT2D eigenvalue weighted by molar-refractivity contribution is 5.95. The van der Waals surface area contributed by atoms with Crippen LogP contribution in [0.3, 0.4) is 0 Å². The summed E-state index contributed by atoms with van der Waals surface area (Å²) in [7, 11) is 0. The molecule has 0 bridgehead atoms. The molecule has 1 aliphatic rings. The van der Waals surface area contributed by atoms with E-state index in [1.807, 2.05) is 42.5 Å². The average molecular weight is 419 g/mol. The lowest BCUT2D eigenvalue weighted by atomic mass is 10.1. The highest BCUT2D eigenvalue weighted by Gasteiger charge is 2.13. The predicted octanol–water partition coefficient (Wildman–Crippen LogP) is 2.54. The summed E-state index contributed by atoms with van der Waals surface area (Å²) in [5.41, 5.74) is 2.33. The van der Waals surface area contributed by atoms with Gasteiger partial charge in [-0.1, -0.05) is 54.6 Å². The van der Waals surface area contributed by atoms with Gasteiger partial charge in [0, 0.05) is 31.3 Å². The Balaban J connectivity index is 1.33. The van der Waals surface area contributed by atoms with Crippen LogP contribution in [-0.2, 0) is 24.4 Å². The number of carbonyl (C=O) groups excluding carboxylic acids is 1. The Morgan fingerprint density at radius 2 is 1.74 bits per heavy atom. The molecular formula is C24H25N3O4. The molecule has 3 aromatic rings. The minimum Gasteiger partial charge on any atom is -0.487 e. The van der Waals surface area contributed by atoms with E-state index in [-0.39, 0.29) is 17.9 Å². The zero-order chi connectivity index (χ0) is 21.5. The zero-order valence-corrected chi connectivity index (χ0v) is 17.3. The third-order valence-corrected chi connectivity index (χ3v) is 5.17. The number of hydrogen-bond donors (Lipinski definition) is 0. The summed E-state index contributed by atoms with van der Waals surface area (Å²) < 4.78 is 12.1. The SMILES string of the molecule is O=C(Cn1ncc(OCc2ccccc2)cc1=O)c1ccc(CN2CCOCC2)cc1. The van der Waals surface area contributed by atoms with Gasteiger partial charge in [0.15, 0.2) is 5.78 Å². The summed E-state index contributed by atoms with van der Waals surface area (Å²) in [6, 6.07) is 18.6. The van der Waals surface area contributed by atoms with Gasteiger partial charge in [-0.3, -0.25) is 14.5 Å². The Hall–Kier alpha value is -3.29. The van der Waals surface area contributed by atoms with E-state index in [1.54, 1.807) is 12.1 Å². The quantitative estimate of drug-likeness (QED) is 0.523. The van der Waals surface area contributed by atoms with Crippen molar-refractivity contribution in [1.29, 1.82) is 0 Å². The van der Waals surface area contributed by atoms with Crippen LogP contribution in [0.1, 0.15) is 21.5 Å². The number of carbonyl (C=O) groups is 1. The average Bonchev–Trinajstić information content (AvgIpc) is 2.81. The van der Waals surface area contributed by atoms with E-state index in [0.717, 1.165) is 48.7 Å². The van der Waals surface area contributed by atoms with Crippen molar-refractivity contribution < 1.29 is 14.3 Å². The molecule has 31 heavy (non-hydrogen) atoms. The minimum absolute atomic E-state index is 0.111. The van der Waals surface area contributed by atoms with Crippen molar-refractivity contribution in [3.8, 4) is 5.75 Å². The normalized spacial score (nSPS) is 14.3. The highest BCUT2D eigenvalue weighted by Crippen LogP contribution is 2.11. The summed E-state index contributed by atoms with van der Waals surface area (Å²) in [5.74, 6) is 0.218. The number of ketones is 1. The van der Waals surface area contributed by atoms with Crippen molar-refractivity contribution >= 4 is 5.78 Å². The van der Waals surface area contributed by atoms with Gasteiger partial charge in [0.1, 0.15) is 18.9 Å². The van der Waals surface area contributed by atoms with Crippen molar-refractivity contribution in [2.45, 2.75) is 19.7 Å². The molecule has 0 amide bonds. The van der Waals surface area contributed by atoms with Crippen molar-refractivity contribution in [1.82, 2.24) is 14.7 Å². The summed E-state index contributed by atoms with van der Waals surface area (Å²) in [4.78, 5) is 27.3. The molecule has 1 aromatic heterocycles. The summed E-state index contributed by atoms with van der Waals surface area (Å²) in [6.07, 6.45) is 1.46. The molecule has 0 radical (unpaired) electrons. The third-order valence-electron chi connectivity index (χ3n) is 5.17. The van der Waals surface area contributed by atoms with Gasteiger partial charge in [0.05, 0.1) is 19.4 Å². The fourth-order valence-electron chi connectivity index (χ4n) is 3.40. The van der Waals surface area contributed by atoms with E-state index in [1.165, 1.54) is 12.3 Å². The van der Waals surface area contributed by atoms with E-state index in [2.05, 4.69) is 10.00 Å². The maximum absolute atomic E-state index is 12.6. The molecule has 0 unspecified atom stereocenters. The molecule has 7 heteroatoms. The van der Waals surface area contributed by atoms with E-state index in [4.69, 9.17) is 9.47 Å². The van der Waals surface area contributed by atoms with Crippen LogP contribution in [0.25, 0.3) is 0 Å². The molecule has 2 heterocycles. The smallest absolute Gasteiger partial charge is 0.270 e. The first kappa shape index (κ1) is 21.0. The van der Waals surface area contributed by atoms with Crippen LogP contribution in [0, 0.1) is 0 Å². The number of ether oxygens (including phenoxy) is 2. The van der Waals surface area contributed by atoms with Crippen LogP contribution in [0.15, 0.2) is 71.7 Å². The summed E-state index contributed by atoms with van der Waals surface area (Å²) >= 11 is 0. The van der Waals surface area contributed by atoms with Crippen LogP contribution >= 0.6 is 0 Å². The van der Waals surface area contributed by atoms with Gasteiger partial charge >= 0.3 is 0 Å². The number of nitrogens with zero attached hydrogens (tertiary/aromatic N) is 3. The lowest BCUT2D eigenvalue weighted by molar-refractivity contribution is 0.0342. The van der Waals surface area contributed by atoms with Gasteiger partial charge in [-0.05, 0) is 11.1 Å². The Labute approximate surface area is 180 Å². The van der Waals surface area contributed by atoms with Gasteiger partial charge in [0.25, 0.3) is 5.56 Å². The number of hydrogen-bond acceptors (Lipinski definition) is 6. The van der Waals surface area contributed by atoms with Gasteiger partial charge < -0.3 is 9.47 Å². The Kier molecular flexibility index (Phi) is 6.86. The van der Waals surface area contributed by atoms with Crippen molar-refractivity contribution in [2.75, 3.05) is 26.3 Å². The minimum atomic E-state index is -0.372. The maximum atomic E-state index is 12.6. The topological polar surface area (TPSA) is 73.7 Å². The van der Waals surface area contributed by atoms with Gasteiger partial charge in [-0.25, -0.2) is 4.68 Å². The maximum Gasteiger partial charge on any atom is 0.270 e. The molecule has 0 aliphatic carbocycles. The van der Waals surface area contributed by atoms with Crippen molar-refractivity contribution in [2.24, 2.45) is 0 Å². The van der Waals surface area contributed by atoms with E-state index in [0.29, 0.717) is 17.9 Å². The second kappa shape index (κ2) is 10.1. The molecule has 160 valence electrons. The summed E-state index contributed by atoms with van der Waals surface area (Å²) in [6.45, 7) is 4.43. The van der Waals surface area contributed by atoms with Crippen LogP contribution in [-0.4, -0.2) is 46.8 Å². The van der Waals surface area contributed by atoms with Gasteiger partial charge in [-0.15, -0.1) is 0 Å². The Morgan fingerprint density at radius 1 is 1.00 bits per heavy atom. The van der Waals surface area contributed by atoms with Crippen molar-refractivity contribution in [3.05, 3.63) is 93.9 Å². The molecule has 0 saturated carbocycles. The molecule has 1 fully saturated rings. The first-order chi connectivity index (χ1) is 15.2. The van der Waals surface area contributed by atoms with E-state index in [9.17, 15) is 9.59 Å².